The highest BCUT2D eigenvalue weighted by molar-refractivity contribution is 6.29. The van der Waals surface area contributed by atoms with E-state index in [2.05, 4.69) is 42.8 Å². The Bertz CT molecular complexity index is 470. The SMILES string of the molecule is CCCc1nc(Cl)cc(NCc2nn[nH]n2)n1. The Labute approximate surface area is 103 Å². The molecule has 0 saturated carbocycles. The van der Waals surface area contributed by atoms with Crippen LogP contribution in [0.1, 0.15) is 25.0 Å². The summed E-state index contributed by atoms with van der Waals surface area (Å²) in [6.07, 6.45) is 1.78. The van der Waals surface area contributed by atoms with E-state index in [9.17, 15) is 0 Å². The van der Waals surface area contributed by atoms with Crippen LogP contribution in [-0.4, -0.2) is 30.6 Å². The van der Waals surface area contributed by atoms with E-state index in [1.165, 1.54) is 0 Å². The third-order valence-electron chi connectivity index (χ3n) is 2.03. The van der Waals surface area contributed by atoms with Gasteiger partial charge in [0.1, 0.15) is 16.8 Å². The zero-order chi connectivity index (χ0) is 12.1. The smallest absolute Gasteiger partial charge is 0.193 e. The summed E-state index contributed by atoms with van der Waals surface area (Å²) in [6.45, 7) is 2.51. The van der Waals surface area contributed by atoms with E-state index in [1.54, 1.807) is 6.07 Å². The molecule has 0 aliphatic carbocycles. The molecule has 17 heavy (non-hydrogen) atoms. The van der Waals surface area contributed by atoms with Gasteiger partial charge in [-0.2, -0.15) is 5.21 Å². The first-order valence-electron chi connectivity index (χ1n) is 5.27. The molecule has 2 aromatic rings. The third-order valence-corrected chi connectivity index (χ3v) is 2.23. The van der Waals surface area contributed by atoms with Gasteiger partial charge in [0.15, 0.2) is 5.82 Å². The van der Waals surface area contributed by atoms with E-state index in [-0.39, 0.29) is 0 Å². The second-order valence-corrected chi connectivity index (χ2v) is 3.81. The van der Waals surface area contributed by atoms with Gasteiger partial charge >= 0.3 is 0 Å². The maximum absolute atomic E-state index is 5.91. The van der Waals surface area contributed by atoms with Crippen molar-refractivity contribution in [2.24, 2.45) is 0 Å². The molecular formula is C9H12ClN7. The normalized spacial score (nSPS) is 10.5. The van der Waals surface area contributed by atoms with Gasteiger partial charge < -0.3 is 5.32 Å². The average molecular weight is 254 g/mol. The molecule has 2 N–H and O–H groups in total. The molecule has 0 aliphatic heterocycles. The Morgan fingerprint density at radius 2 is 2.24 bits per heavy atom. The van der Waals surface area contributed by atoms with Gasteiger partial charge in [0.05, 0.1) is 6.54 Å². The van der Waals surface area contributed by atoms with Gasteiger partial charge in [0.25, 0.3) is 0 Å². The molecule has 0 radical (unpaired) electrons. The van der Waals surface area contributed by atoms with Crippen LogP contribution in [0, 0.1) is 0 Å². The topological polar surface area (TPSA) is 92.3 Å². The van der Waals surface area contributed by atoms with Crippen LogP contribution >= 0.6 is 11.6 Å². The molecule has 0 unspecified atom stereocenters. The van der Waals surface area contributed by atoms with Crippen molar-refractivity contribution < 1.29 is 0 Å². The number of aromatic amines is 1. The van der Waals surface area contributed by atoms with Crippen molar-refractivity contribution in [3.8, 4) is 0 Å². The summed E-state index contributed by atoms with van der Waals surface area (Å²) in [5, 5.41) is 17.0. The number of tetrazole rings is 1. The lowest BCUT2D eigenvalue weighted by molar-refractivity contribution is 0.831. The van der Waals surface area contributed by atoms with Crippen LogP contribution in [0.5, 0.6) is 0 Å². The Morgan fingerprint density at radius 1 is 1.35 bits per heavy atom. The van der Waals surface area contributed by atoms with Crippen molar-refractivity contribution in [1.82, 2.24) is 30.6 Å². The summed E-state index contributed by atoms with van der Waals surface area (Å²) >= 11 is 5.91. The van der Waals surface area contributed by atoms with E-state index >= 15 is 0 Å². The van der Waals surface area contributed by atoms with Gasteiger partial charge in [-0.1, -0.05) is 23.7 Å². The Kier molecular flexibility index (Phi) is 3.81. The van der Waals surface area contributed by atoms with Gasteiger partial charge in [0, 0.05) is 12.5 Å². The van der Waals surface area contributed by atoms with E-state index in [0.717, 1.165) is 18.7 Å². The summed E-state index contributed by atoms with van der Waals surface area (Å²) in [7, 11) is 0. The summed E-state index contributed by atoms with van der Waals surface area (Å²) in [5.74, 6) is 1.96. The zero-order valence-electron chi connectivity index (χ0n) is 9.31. The molecule has 0 bridgehead atoms. The molecule has 0 atom stereocenters. The number of hydrogen-bond donors (Lipinski definition) is 2. The lowest BCUT2D eigenvalue weighted by atomic mass is 10.3. The number of H-pyrrole nitrogens is 1. The Hall–Kier alpha value is -1.76. The minimum Gasteiger partial charge on any atom is -0.362 e. The standard InChI is InChI=1S/C9H12ClN7/c1-2-3-7-12-6(10)4-8(13-7)11-5-9-14-16-17-15-9/h4H,2-3,5H2,1H3,(H,11,12,13)(H,14,15,16,17). The molecule has 0 amide bonds. The van der Waals surface area contributed by atoms with Crippen molar-refractivity contribution in [3.05, 3.63) is 22.9 Å². The minimum absolute atomic E-state index is 0.430. The van der Waals surface area contributed by atoms with E-state index in [0.29, 0.717) is 23.3 Å². The van der Waals surface area contributed by atoms with Crippen LogP contribution in [-0.2, 0) is 13.0 Å². The highest BCUT2D eigenvalue weighted by atomic mass is 35.5. The Morgan fingerprint density at radius 3 is 2.94 bits per heavy atom. The predicted molar refractivity (Wildman–Crippen MR) is 62.5 cm³/mol. The van der Waals surface area contributed by atoms with Crippen molar-refractivity contribution in [2.45, 2.75) is 26.3 Å². The highest BCUT2D eigenvalue weighted by Crippen LogP contribution is 2.12. The van der Waals surface area contributed by atoms with Crippen LogP contribution in [0.3, 0.4) is 0 Å². The largest absolute Gasteiger partial charge is 0.362 e. The quantitative estimate of drug-likeness (QED) is 0.778. The molecule has 0 aromatic carbocycles. The third kappa shape index (κ3) is 3.35. The molecule has 0 fully saturated rings. The zero-order valence-corrected chi connectivity index (χ0v) is 10.1. The predicted octanol–water partition coefficient (Wildman–Crippen LogP) is 1.21. The molecule has 2 heterocycles. The van der Waals surface area contributed by atoms with Gasteiger partial charge in [-0.25, -0.2) is 9.97 Å². The van der Waals surface area contributed by atoms with Crippen LogP contribution in [0.2, 0.25) is 5.15 Å². The van der Waals surface area contributed by atoms with Crippen LogP contribution in [0.15, 0.2) is 6.07 Å². The molecule has 7 nitrogen and oxygen atoms in total. The summed E-state index contributed by atoms with van der Waals surface area (Å²) in [5.41, 5.74) is 0. The molecule has 0 spiro atoms. The van der Waals surface area contributed by atoms with Gasteiger partial charge in [-0.15, -0.1) is 10.2 Å². The number of hydrogen-bond acceptors (Lipinski definition) is 6. The fourth-order valence-electron chi connectivity index (χ4n) is 1.32. The Balaban J connectivity index is 2.04. The van der Waals surface area contributed by atoms with Crippen LogP contribution < -0.4 is 5.32 Å². The number of aromatic nitrogens is 6. The molecule has 0 saturated heterocycles. The van der Waals surface area contributed by atoms with Gasteiger partial charge in [0.2, 0.25) is 0 Å². The number of nitrogens with zero attached hydrogens (tertiary/aromatic N) is 5. The molecule has 2 rings (SSSR count). The lowest BCUT2D eigenvalue weighted by Crippen LogP contribution is -2.06. The van der Waals surface area contributed by atoms with Crippen LogP contribution in [0.25, 0.3) is 0 Å². The van der Waals surface area contributed by atoms with Crippen molar-refractivity contribution in [1.29, 1.82) is 0 Å². The summed E-state index contributed by atoms with van der Waals surface area (Å²) < 4.78 is 0. The second kappa shape index (κ2) is 5.53. The molecule has 2 aromatic heterocycles. The number of halogens is 1. The van der Waals surface area contributed by atoms with Crippen molar-refractivity contribution in [2.75, 3.05) is 5.32 Å². The van der Waals surface area contributed by atoms with Crippen molar-refractivity contribution in [3.63, 3.8) is 0 Å². The number of rotatable bonds is 5. The molecule has 8 heteroatoms. The lowest BCUT2D eigenvalue weighted by Gasteiger charge is -2.05. The minimum atomic E-state index is 0.430. The molecular weight excluding hydrogens is 242 g/mol. The average Bonchev–Trinajstić information content (AvgIpc) is 2.79. The first kappa shape index (κ1) is 11.7. The highest BCUT2D eigenvalue weighted by Gasteiger charge is 2.04. The second-order valence-electron chi connectivity index (χ2n) is 3.42. The fourth-order valence-corrected chi connectivity index (χ4v) is 1.52. The monoisotopic (exact) mass is 253 g/mol. The number of anilines is 1. The molecule has 0 aliphatic rings. The molecule has 90 valence electrons. The van der Waals surface area contributed by atoms with Crippen molar-refractivity contribution >= 4 is 17.4 Å². The van der Waals surface area contributed by atoms with E-state index in [4.69, 9.17) is 11.6 Å². The fraction of sp³-hybridized carbons (Fsp3) is 0.444. The first-order chi connectivity index (χ1) is 8.28. The number of aryl methyl sites for hydroxylation is 1. The van der Waals surface area contributed by atoms with Gasteiger partial charge in [-0.05, 0) is 6.42 Å². The van der Waals surface area contributed by atoms with E-state index < -0.39 is 0 Å². The maximum atomic E-state index is 5.91. The van der Waals surface area contributed by atoms with Gasteiger partial charge in [-0.3, -0.25) is 0 Å². The summed E-state index contributed by atoms with van der Waals surface area (Å²) in [4.78, 5) is 8.46. The summed E-state index contributed by atoms with van der Waals surface area (Å²) in [6, 6.07) is 1.67. The number of nitrogens with one attached hydrogen (secondary N) is 2. The van der Waals surface area contributed by atoms with Crippen LogP contribution in [0.4, 0.5) is 5.82 Å². The maximum Gasteiger partial charge on any atom is 0.193 e. The van der Waals surface area contributed by atoms with E-state index in [1.807, 2.05) is 0 Å². The first-order valence-corrected chi connectivity index (χ1v) is 5.65.